The zero-order valence-corrected chi connectivity index (χ0v) is 16.1. The van der Waals surface area contributed by atoms with Crippen molar-refractivity contribution in [1.82, 2.24) is 14.4 Å². The number of fused-ring (bicyclic) bond motifs is 1. The summed E-state index contributed by atoms with van der Waals surface area (Å²) in [6.45, 7) is 0. The van der Waals surface area contributed by atoms with Gasteiger partial charge in [-0.1, -0.05) is 54.6 Å². The standard InChI is InChI=1S/C25H19N3O2/c29-23(20-10-3-1-4-11-20)27-17-18-28(24(30)21-12-5-2-6-13-21)25(27)26-16-15-19-9-7-8-14-22(19)26/h1-18,25H. The molecule has 0 N–H and O–H groups in total. The number of nitrogens with zero attached hydrogens (tertiary/aromatic N) is 3. The summed E-state index contributed by atoms with van der Waals surface area (Å²) >= 11 is 0. The monoisotopic (exact) mass is 393 g/mol. The van der Waals surface area contributed by atoms with E-state index < -0.39 is 6.29 Å². The molecule has 1 aromatic heterocycles. The fourth-order valence-corrected chi connectivity index (χ4v) is 3.81. The Labute approximate surface area is 174 Å². The number of rotatable bonds is 3. The highest BCUT2D eigenvalue weighted by molar-refractivity contribution is 5.98. The first-order chi connectivity index (χ1) is 14.7. The Morgan fingerprint density at radius 2 is 1.10 bits per heavy atom. The Balaban J connectivity index is 1.60. The van der Waals surface area contributed by atoms with E-state index in [1.165, 1.54) is 0 Å². The Hall–Kier alpha value is -4.12. The van der Waals surface area contributed by atoms with Crippen LogP contribution in [0.1, 0.15) is 27.0 Å². The molecule has 0 unspecified atom stereocenters. The normalized spacial score (nSPS) is 13.9. The lowest BCUT2D eigenvalue weighted by molar-refractivity contribution is 0.0443. The molecule has 2 amide bonds. The number of aromatic nitrogens is 1. The highest BCUT2D eigenvalue weighted by atomic mass is 16.2. The van der Waals surface area contributed by atoms with Gasteiger partial charge in [0.15, 0.2) is 6.29 Å². The number of carbonyl (C=O) groups excluding carboxylic acids is 2. The number of hydrogen-bond acceptors (Lipinski definition) is 2. The van der Waals surface area contributed by atoms with Crippen LogP contribution >= 0.6 is 0 Å². The zero-order chi connectivity index (χ0) is 20.5. The maximum absolute atomic E-state index is 13.3. The quantitative estimate of drug-likeness (QED) is 0.499. The largest absolute Gasteiger partial charge is 0.309 e. The molecule has 5 heteroatoms. The third-order valence-electron chi connectivity index (χ3n) is 5.27. The minimum atomic E-state index is -0.634. The van der Waals surface area contributed by atoms with Crippen molar-refractivity contribution in [2.24, 2.45) is 0 Å². The van der Waals surface area contributed by atoms with Crippen molar-refractivity contribution in [1.29, 1.82) is 0 Å². The van der Waals surface area contributed by atoms with Crippen LogP contribution in [0.25, 0.3) is 10.9 Å². The Kier molecular flexibility index (Phi) is 4.41. The van der Waals surface area contributed by atoms with Crippen molar-refractivity contribution in [3.63, 3.8) is 0 Å². The summed E-state index contributed by atoms with van der Waals surface area (Å²) in [6, 6.07) is 28.1. The van der Waals surface area contributed by atoms with E-state index in [1.54, 1.807) is 46.5 Å². The van der Waals surface area contributed by atoms with Gasteiger partial charge >= 0.3 is 0 Å². The fourth-order valence-electron chi connectivity index (χ4n) is 3.81. The first-order valence-electron chi connectivity index (χ1n) is 9.73. The number of hydrogen-bond donors (Lipinski definition) is 0. The van der Waals surface area contributed by atoms with Gasteiger partial charge in [-0.05, 0) is 41.8 Å². The Bertz CT molecular complexity index is 1180. The van der Waals surface area contributed by atoms with Gasteiger partial charge in [0, 0.05) is 29.7 Å². The second-order valence-electron chi connectivity index (χ2n) is 7.08. The van der Waals surface area contributed by atoms with Crippen LogP contribution < -0.4 is 0 Å². The van der Waals surface area contributed by atoms with Crippen LogP contribution in [0, 0.1) is 0 Å². The van der Waals surface area contributed by atoms with Crippen LogP contribution in [0.2, 0.25) is 0 Å². The molecule has 30 heavy (non-hydrogen) atoms. The van der Waals surface area contributed by atoms with Crippen molar-refractivity contribution in [3.05, 3.63) is 121 Å². The van der Waals surface area contributed by atoms with E-state index in [0.29, 0.717) is 11.1 Å². The third-order valence-corrected chi connectivity index (χ3v) is 5.27. The van der Waals surface area contributed by atoms with Crippen LogP contribution in [0.3, 0.4) is 0 Å². The molecular weight excluding hydrogens is 374 g/mol. The van der Waals surface area contributed by atoms with Crippen molar-refractivity contribution in [2.45, 2.75) is 6.29 Å². The summed E-state index contributed by atoms with van der Waals surface area (Å²) in [7, 11) is 0. The molecule has 0 saturated heterocycles. The molecule has 5 rings (SSSR count). The van der Waals surface area contributed by atoms with Crippen LogP contribution in [0.15, 0.2) is 110 Å². The van der Waals surface area contributed by atoms with Gasteiger partial charge in [0.2, 0.25) is 0 Å². The molecule has 4 aromatic rings. The lowest BCUT2D eigenvalue weighted by atomic mass is 10.2. The highest BCUT2D eigenvalue weighted by Gasteiger charge is 2.37. The summed E-state index contributed by atoms with van der Waals surface area (Å²) in [4.78, 5) is 29.8. The van der Waals surface area contributed by atoms with Gasteiger partial charge in [-0.3, -0.25) is 19.4 Å². The predicted molar refractivity (Wildman–Crippen MR) is 115 cm³/mol. The Morgan fingerprint density at radius 1 is 0.600 bits per heavy atom. The van der Waals surface area contributed by atoms with E-state index in [2.05, 4.69) is 0 Å². The van der Waals surface area contributed by atoms with Crippen molar-refractivity contribution >= 4 is 22.7 Å². The minimum absolute atomic E-state index is 0.169. The molecule has 146 valence electrons. The second-order valence-corrected chi connectivity index (χ2v) is 7.08. The summed E-state index contributed by atoms with van der Waals surface area (Å²) in [5.74, 6) is -0.337. The molecule has 1 aliphatic rings. The molecule has 0 saturated carbocycles. The van der Waals surface area contributed by atoms with Gasteiger partial charge in [0.05, 0.1) is 5.52 Å². The molecule has 0 spiro atoms. The van der Waals surface area contributed by atoms with Gasteiger partial charge in [0.25, 0.3) is 11.8 Å². The zero-order valence-electron chi connectivity index (χ0n) is 16.1. The van der Waals surface area contributed by atoms with E-state index in [0.717, 1.165) is 10.9 Å². The van der Waals surface area contributed by atoms with Gasteiger partial charge < -0.3 is 4.57 Å². The number of para-hydroxylation sites is 1. The Morgan fingerprint density at radius 3 is 1.67 bits per heavy atom. The lowest BCUT2D eigenvalue weighted by Crippen LogP contribution is -2.41. The second kappa shape index (κ2) is 7.37. The predicted octanol–water partition coefficient (Wildman–Crippen LogP) is 4.87. The van der Waals surface area contributed by atoms with Crippen LogP contribution in [-0.2, 0) is 0 Å². The molecule has 0 bridgehead atoms. The number of benzene rings is 3. The van der Waals surface area contributed by atoms with Gasteiger partial charge in [-0.15, -0.1) is 0 Å². The number of carbonyl (C=O) groups is 2. The smallest absolute Gasteiger partial charge is 0.261 e. The van der Waals surface area contributed by atoms with Crippen LogP contribution in [-0.4, -0.2) is 26.2 Å². The molecular formula is C25H19N3O2. The van der Waals surface area contributed by atoms with E-state index >= 15 is 0 Å². The number of amides is 2. The lowest BCUT2D eigenvalue weighted by Gasteiger charge is -2.32. The third kappa shape index (κ3) is 2.97. The molecule has 1 aliphatic heterocycles. The molecule has 0 aliphatic carbocycles. The van der Waals surface area contributed by atoms with Gasteiger partial charge in [-0.25, -0.2) is 0 Å². The fraction of sp³-hybridized carbons (Fsp3) is 0.0400. The molecule has 2 heterocycles. The molecule has 0 atom stereocenters. The van der Waals surface area contributed by atoms with E-state index in [-0.39, 0.29) is 11.8 Å². The topological polar surface area (TPSA) is 45.6 Å². The van der Waals surface area contributed by atoms with E-state index in [4.69, 9.17) is 0 Å². The molecule has 0 fully saturated rings. The van der Waals surface area contributed by atoms with Crippen molar-refractivity contribution in [3.8, 4) is 0 Å². The average molecular weight is 393 g/mol. The summed E-state index contributed by atoms with van der Waals surface area (Å²) in [5.41, 5.74) is 2.08. The molecule has 0 radical (unpaired) electrons. The summed E-state index contributed by atoms with van der Waals surface area (Å²) in [5, 5.41) is 1.05. The SMILES string of the molecule is O=C(c1ccccc1)N1C=CN(C(=O)c2ccccc2)C1n1ccc2ccccc21. The van der Waals surface area contributed by atoms with Crippen LogP contribution in [0.5, 0.6) is 0 Å². The first kappa shape index (κ1) is 17.9. The molecule has 3 aromatic carbocycles. The van der Waals surface area contributed by atoms with Crippen molar-refractivity contribution in [2.75, 3.05) is 0 Å². The highest BCUT2D eigenvalue weighted by Crippen LogP contribution is 2.32. The maximum atomic E-state index is 13.3. The van der Waals surface area contributed by atoms with Gasteiger partial charge in [0.1, 0.15) is 0 Å². The maximum Gasteiger partial charge on any atom is 0.261 e. The van der Waals surface area contributed by atoms with E-state index in [1.807, 2.05) is 77.5 Å². The molecule has 5 nitrogen and oxygen atoms in total. The summed E-state index contributed by atoms with van der Waals surface area (Å²) in [6.07, 6.45) is 4.63. The first-order valence-corrected chi connectivity index (χ1v) is 9.73. The van der Waals surface area contributed by atoms with E-state index in [9.17, 15) is 9.59 Å². The average Bonchev–Trinajstić information content (AvgIpc) is 3.43. The minimum Gasteiger partial charge on any atom is -0.309 e. The van der Waals surface area contributed by atoms with Gasteiger partial charge in [-0.2, -0.15) is 0 Å². The summed E-state index contributed by atoms with van der Waals surface area (Å²) < 4.78 is 1.96. The van der Waals surface area contributed by atoms with Crippen molar-refractivity contribution < 1.29 is 9.59 Å². The van der Waals surface area contributed by atoms with Crippen LogP contribution in [0.4, 0.5) is 0 Å².